The van der Waals surface area contributed by atoms with Gasteiger partial charge >= 0.3 is 5.97 Å². The fraction of sp³-hybridized carbons (Fsp3) is 0.444. The Morgan fingerprint density at radius 2 is 2.46 bits per heavy atom. The Morgan fingerprint density at radius 1 is 1.69 bits per heavy atom. The monoisotopic (exact) mass is 180 g/mol. The molecule has 0 aromatic carbocycles. The normalized spacial score (nSPS) is 12.4. The predicted molar refractivity (Wildman–Crippen MR) is 47.2 cm³/mol. The third kappa shape index (κ3) is 3.19. The van der Waals surface area contributed by atoms with Crippen LogP contribution in [0.3, 0.4) is 0 Å². The fourth-order valence-electron chi connectivity index (χ4n) is 0.954. The van der Waals surface area contributed by atoms with Crippen LogP contribution in [0.2, 0.25) is 0 Å². The summed E-state index contributed by atoms with van der Waals surface area (Å²) in [4.78, 5) is 18.3. The van der Waals surface area contributed by atoms with Crippen LogP contribution >= 0.6 is 0 Å². The van der Waals surface area contributed by atoms with E-state index in [1.165, 1.54) is 6.33 Å². The summed E-state index contributed by atoms with van der Waals surface area (Å²) in [5.41, 5.74) is 0.892. The van der Waals surface area contributed by atoms with Gasteiger partial charge in [0.2, 0.25) is 0 Å². The molecule has 1 aromatic rings. The topological polar surface area (TPSA) is 63.1 Å². The van der Waals surface area contributed by atoms with Crippen molar-refractivity contribution < 1.29 is 9.90 Å². The van der Waals surface area contributed by atoms with E-state index < -0.39 is 5.97 Å². The predicted octanol–water partition coefficient (Wildman–Crippen LogP) is 1.13. The van der Waals surface area contributed by atoms with Crippen molar-refractivity contribution in [3.05, 3.63) is 24.3 Å². The highest BCUT2D eigenvalue weighted by Gasteiger charge is 2.10. The molecule has 0 spiro atoms. The van der Waals surface area contributed by atoms with Crippen LogP contribution in [-0.2, 0) is 11.2 Å². The Bertz CT molecular complexity index is 274. The summed E-state index contributed by atoms with van der Waals surface area (Å²) in [5, 5.41) is 8.63. The first kappa shape index (κ1) is 9.64. The van der Waals surface area contributed by atoms with E-state index in [4.69, 9.17) is 5.11 Å². The molecule has 0 aliphatic carbocycles. The molecule has 0 radical (unpaired) electrons. The lowest BCUT2D eigenvalue weighted by Crippen LogP contribution is -2.10. The van der Waals surface area contributed by atoms with Gasteiger partial charge in [-0.3, -0.25) is 4.79 Å². The maximum absolute atomic E-state index is 10.5. The minimum absolute atomic E-state index is 0.310. The Kier molecular flexibility index (Phi) is 3.37. The summed E-state index contributed by atoms with van der Waals surface area (Å²) < 4.78 is 0. The summed E-state index contributed by atoms with van der Waals surface area (Å²) >= 11 is 0. The lowest BCUT2D eigenvalue weighted by molar-refractivity contribution is -0.141. The molecule has 1 N–H and O–H groups in total. The Hall–Kier alpha value is -1.45. The van der Waals surface area contributed by atoms with Crippen molar-refractivity contribution in [3.63, 3.8) is 0 Å². The van der Waals surface area contributed by atoms with Gasteiger partial charge in [0.05, 0.1) is 5.92 Å². The van der Waals surface area contributed by atoms with Gasteiger partial charge in [0.15, 0.2) is 0 Å². The van der Waals surface area contributed by atoms with Crippen molar-refractivity contribution in [2.75, 3.05) is 0 Å². The van der Waals surface area contributed by atoms with E-state index >= 15 is 0 Å². The molecule has 0 bridgehead atoms. The minimum atomic E-state index is -0.756. The van der Waals surface area contributed by atoms with Gasteiger partial charge in [0, 0.05) is 11.9 Å². The molecule has 1 aromatic heterocycles. The first-order chi connectivity index (χ1) is 6.20. The van der Waals surface area contributed by atoms with Gasteiger partial charge in [-0.05, 0) is 18.9 Å². The number of aromatic nitrogens is 2. The van der Waals surface area contributed by atoms with Crippen LogP contribution in [0, 0.1) is 5.92 Å². The average molecular weight is 180 g/mol. The highest BCUT2D eigenvalue weighted by molar-refractivity contribution is 5.69. The first-order valence-corrected chi connectivity index (χ1v) is 4.18. The van der Waals surface area contributed by atoms with Crippen molar-refractivity contribution in [1.29, 1.82) is 0 Å². The van der Waals surface area contributed by atoms with Crippen LogP contribution in [0.4, 0.5) is 0 Å². The van der Waals surface area contributed by atoms with E-state index in [0.29, 0.717) is 12.8 Å². The Balaban J connectivity index is 2.39. The highest BCUT2D eigenvalue weighted by atomic mass is 16.4. The van der Waals surface area contributed by atoms with E-state index in [0.717, 1.165) is 5.69 Å². The zero-order chi connectivity index (χ0) is 9.68. The fourth-order valence-corrected chi connectivity index (χ4v) is 0.954. The lowest BCUT2D eigenvalue weighted by atomic mass is 10.0. The first-order valence-electron chi connectivity index (χ1n) is 4.18. The lowest BCUT2D eigenvalue weighted by Gasteiger charge is -2.04. The maximum Gasteiger partial charge on any atom is 0.306 e. The van der Waals surface area contributed by atoms with Gasteiger partial charge in [0.25, 0.3) is 0 Å². The van der Waals surface area contributed by atoms with Crippen molar-refractivity contribution in [3.8, 4) is 0 Å². The zero-order valence-electron chi connectivity index (χ0n) is 7.47. The van der Waals surface area contributed by atoms with Gasteiger partial charge in [0.1, 0.15) is 6.33 Å². The van der Waals surface area contributed by atoms with E-state index in [2.05, 4.69) is 9.97 Å². The van der Waals surface area contributed by atoms with Gasteiger partial charge in [-0.15, -0.1) is 0 Å². The molecule has 70 valence electrons. The second kappa shape index (κ2) is 4.54. The molecule has 0 fully saturated rings. The largest absolute Gasteiger partial charge is 0.481 e. The smallest absolute Gasteiger partial charge is 0.306 e. The van der Waals surface area contributed by atoms with Gasteiger partial charge < -0.3 is 5.11 Å². The number of nitrogens with zero attached hydrogens (tertiary/aromatic N) is 2. The highest BCUT2D eigenvalue weighted by Crippen LogP contribution is 2.06. The number of carboxylic acids is 1. The van der Waals surface area contributed by atoms with Crippen molar-refractivity contribution >= 4 is 5.97 Å². The van der Waals surface area contributed by atoms with Crippen LogP contribution in [-0.4, -0.2) is 21.0 Å². The van der Waals surface area contributed by atoms with Crippen LogP contribution in [0.5, 0.6) is 0 Å². The molecule has 1 rings (SSSR count). The second-order valence-corrected chi connectivity index (χ2v) is 2.98. The third-order valence-corrected chi connectivity index (χ3v) is 1.90. The van der Waals surface area contributed by atoms with Crippen LogP contribution in [0.15, 0.2) is 18.6 Å². The molecule has 1 unspecified atom stereocenters. The average Bonchev–Trinajstić information content (AvgIpc) is 2.15. The maximum atomic E-state index is 10.5. The number of rotatable bonds is 4. The molecular weight excluding hydrogens is 168 g/mol. The van der Waals surface area contributed by atoms with E-state index in [9.17, 15) is 4.79 Å². The molecule has 1 atom stereocenters. The van der Waals surface area contributed by atoms with Crippen LogP contribution in [0.25, 0.3) is 0 Å². The molecule has 13 heavy (non-hydrogen) atoms. The molecule has 0 amide bonds. The number of aliphatic carboxylic acids is 1. The quantitative estimate of drug-likeness (QED) is 0.754. The van der Waals surface area contributed by atoms with Crippen LogP contribution in [0.1, 0.15) is 19.0 Å². The summed E-state index contributed by atoms with van der Waals surface area (Å²) in [7, 11) is 0. The molecule has 1 heterocycles. The Morgan fingerprint density at radius 3 is 3.00 bits per heavy atom. The minimum Gasteiger partial charge on any atom is -0.481 e. The van der Waals surface area contributed by atoms with Crippen LogP contribution < -0.4 is 0 Å². The molecule has 0 aliphatic heterocycles. The summed E-state index contributed by atoms with van der Waals surface area (Å²) in [6, 6.07) is 1.80. The standard InChI is InChI=1S/C9H12N2O2/c1-7(9(12)13)2-3-8-4-5-10-6-11-8/h4-7H,2-3H2,1H3,(H,12,13). The number of aryl methyl sites for hydroxylation is 1. The second-order valence-electron chi connectivity index (χ2n) is 2.98. The summed E-state index contributed by atoms with van der Waals surface area (Å²) in [6.07, 6.45) is 4.44. The molecule has 0 aliphatic rings. The third-order valence-electron chi connectivity index (χ3n) is 1.90. The van der Waals surface area contributed by atoms with Gasteiger partial charge in [-0.2, -0.15) is 0 Å². The zero-order valence-corrected chi connectivity index (χ0v) is 7.47. The molecule has 0 saturated heterocycles. The summed E-state index contributed by atoms with van der Waals surface area (Å²) in [6.45, 7) is 1.70. The van der Waals surface area contributed by atoms with E-state index in [1.807, 2.05) is 0 Å². The SMILES string of the molecule is CC(CCc1ccncn1)C(=O)O. The van der Waals surface area contributed by atoms with Gasteiger partial charge in [-0.25, -0.2) is 9.97 Å². The molecular formula is C9H12N2O2. The van der Waals surface area contributed by atoms with Crippen molar-refractivity contribution in [1.82, 2.24) is 9.97 Å². The number of hydrogen-bond acceptors (Lipinski definition) is 3. The van der Waals surface area contributed by atoms with Crippen molar-refractivity contribution in [2.24, 2.45) is 5.92 Å². The number of hydrogen-bond donors (Lipinski definition) is 1. The molecule has 0 saturated carbocycles. The van der Waals surface area contributed by atoms with E-state index in [1.54, 1.807) is 19.2 Å². The van der Waals surface area contributed by atoms with Crippen molar-refractivity contribution in [2.45, 2.75) is 19.8 Å². The number of carbonyl (C=O) groups is 1. The summed E-state index contributed by atoms with van der Waals surface area (Å²) in [5.74, 6) is -1.07. The Labute approximate surface area is 76.7 Å². The van der Waals surface area contributed by atoms with Gasteiger partial charge in [-0.1, -0.05) is 6.92 Å². The number of carboxylic acid groups (broad SMARTS) is 1. The molecule has 4 nitrogen and oxygen atoms in total. The molecule has 4 heteroatoms. The van der Waals surface area contributed by atoms with E-state index in [-0.39, 0.29) is 5.92 Å².